The van der Waals surface area contributed by atoms with Gasteiger partial charge >= 0.3 is 5.97 Å². The van der Waals surface area contributed by atoms with Crippen molar-refractivity contribution in [1.82, 2.24) is 0 Å². The van der Waals surface area contributed by atoms with E-state index < -0.39 is 5.97 Å². The Kier molecular flexibility index (Phi) is 4.81. The summed E-state index contributed by atoms with van der Waals surface area (Å²) in [5.41, 5.74) is 0.568. The molecule has 4 heteroatoms. The van der Waals surface area contributed by atoms with Gasteiger partial charge in [-0.15, -0.1) is 0 Å². The Morgan fingerprint density at radius 1 is 1.23 bits per heavy atom. The van der Waals surface area contributed by atoms with Gasteiger partial charge in [0.2, 0.25) is 0 Å². The maximum absolute atomic E-state index is 10.9. The zero-order valence-corrected chi connectivity index (χ0v) is 13.9. The van der Waals surface area contributed by atoms with Crippen LogP contribution < -0.4 is 0 Å². The number of carbonyl (C=O) groups is 1. The summed E-state index contributed by atoms with van der Waals surface area (Å²) in [5.74, 6) is 0.242. The number of phenolic OH excluding ortho intramolecular Hbond substituents is 1. The molecule has 4 nitrogen and oxygen atoms in total. The first kappa shape index (κ1) is 16.8. The van der Waals surface area contributed by atoms with E-state index >= 15 is 0 Å². The van der Waals surface area contributed by atoms with E-state index in [0.29, 0.717) is 0 Å². The molecule has 0 atom stereocenters. The smallest absolute Gasteiger partial charge is 0.341 e. The molecule has 1 aromatic carbocycles. The van der Waals surface area contributed by atoms with E-state index in [4.69, 9.17) is 9.84 Å². The van der Waals surface area contributed by atoms with Crippen molar-refractivity contribution in [2.45, 2.75) is 57.7 Å². The van der Waals surface area contributed by atoms with Crippen molar-refractivity contribution in [3.05, 3.63) is 29.8 Å². The fourth-order valence-electron chi connectivity index (χ4n) is 3.50. The average molecular weight is 306 g/mol. The summed E-state index contributed by atoms with van der Waals surface area (Å²) in [6.07, 6.45) is 5.31. The summed E-state index contributed by atoms with van der Waals surface area (Å²) in [6, 6.07) is 6.24. The SMILES string of the molecule is CC12CCC(CC1)C(C)(C)O2.COC(=O)c1ccccc1O. The zero-order valence-electron chi connectivity index (χ0n) is 13.9. The van der Waals surface area contributed by atoms with Crippen LogP contribution in [-0.4, -0.2) is 29.4 Å². The monoisotopic (exact) mass is 306 g/mol. The van der Waals surface area contributed by atoms with Crippen LogP contribution in [0.1, 0.15) is 56.8 Å². The van der Waals surface area contributed by atoms with Crippen molar-refractivity contribution in [2.24, 2.45) is 5.92 Å². The number of esters is 1. The highest BCUT2D eigenvalue weighted by atomic mass is 16.5. The molecule has 2 saturated heterocycles. The van der Waals surface area contributed by atoms with Crippen molar-refractivity contribution in [2.75, 3.05) is 7.11 Å². The topological polar surface area (TPSA) is 55.8 Å². The number of benzene rings is 1. The Morgan fingerprint density at radius 2 is 1.82 bits per heavy atom. The quantitative estimate of drug-likeness (QED) is 0.799. The van der Waals surface area contributed by atoms with Gasteiger partial charge in [0.1, 0.15) is 11.3 Å². The number of hydrogen-bond donors (Lipinski definition) is 1. The third-order valence-corrected chi connectivity index (χ3v) is 4.85. The molecule has 122 valence electrons. The maximum atomic E-state index is 10.9. The lowest BCUT2D eigenvalue weighted by Gasteiger charge is -2.54. The lowest BCUT2D eigenvalue weighted by atomic mass is 9.69. The first-order valence-electron chi connectivity index (χ1n) is 7.84. The largest absolute Gasteiger partial charge is 0.507 e. The van der Waals surface area contributed by atoms with E-state index in [9.17, 15) is 4.79 Å². The second kappa shape index (κ2) is 6.29. The molecule has 1 aromatic rings. The molecular formula is C18H26O4. The number of aromatic hydroxyl groups is 1. The van der Waals surface area contributed by atoms with Gasteiger partial charge in [0.15, 0.2) is 0 Å². The molecule has 2 heterocycles. The van der Waals surface area contributed by atoms with E-state index in [0.717, 1.165) is 5.92 Å². The molecule has 1 saturated carbocycles. The number of hydrogen-bond acceptors (Lipinski definition) is 4. The number of para-hydroxylation sites is 1. The summed E-state index contributed by atoms with van der Waals surface area (Å²) in [6.45, 7) is 6.76. The Labute approximate surface area is 132 Å². The Hall–Kier alpha value is -1.55. The summed E-state index contributed by atoms with van der Waals surface area (Å²) >= 11 is 0. The van der Waals surface area contributed by atoms with Crippen LogP contribution >= 0.6 is 0 Å². The third-order valence-electron chi connectivity index (χ3n) is 4.85. The highest BCUT2D eigenvalue weighted by Crippen LogP contribution is 2.49. The van der Waals surface area contributed by atoms with Crippen molar-refractivity contribution >= 4 is 5.97 Å². The molecule has 0 aromatic heterocycles. The molecule has 0 spiro atoms. The molecule has 0 amide bonds. The van der Waals surface area contributed by atoms with Gasteiger partial charge in [0, 0.05) is 0 Å². The van der Waals surface area contributed by atoms with E-state index in [1.54, 1.807) is 12.1 Å². The lowest BCUT2D eigenvalue weighted by Crippen LogP contribution is -2.53. The van der Waals surface area contributed by atoms with Gasteiger partial charge in [-0.3, -0.25) is 0 Å². The number of rotatable bonds is 1. The molecular weight excluding hydrogens is 280 g/mol. The van der Waals surface area contributed by atoms with Crippen LogP contribution in [-0.2, 0) is 9.47 Å². The minimum Gasteiger partial charge on any atom is -0.507 e. The second-order valence-corrected chi connectivity index (χ2v) is 6.94. The van der Waals surface area contributed by atoms with E-state index in [-0.39, 0.29) is 22.5 Å². The van der Waals surface area contributed by atoms with Crippen LogP contribution in [0.15, 0.2) is 24.3 Å². The minimum absolute atomic E-state index is 0.0562. The normalized spacial score (nSPS) is 28.5. The fourth-order valence-corrected chi connectivity index (χ4v) is 3.50. The van der Waals surface area contributed by atoms with Crippen LogP contribution in [0, 0.1) is 5.92 Å². The van der Waals surface area contributed by atoms with Crippen LogP contribution in [0.3, 0.4) is 0 Å². The molecule has 2 aliphatic heterocycles. The summed E-state index contributed by atoms with van der Waals surface area (Å²) < 4.78 is 10.5. The molecule has 3 fully saturated rings. The van der Waals surface area contributed by atoms with Gasteiger partial charge in [-0.25, -0.2) is 4.79 Å². The Bertz CT molecular complexity index is 525. The van der Waals surface area contributed by atoms with Crippen LogP contribution in [0.4, 0.5) is 0 Å². The van der Waals surface area contributed by atoms with Gasteiger partial charge in [-0.2, -0.15) is 0 Å². The summed E-state index contributed by atoms with van der Waals surface area (Å²) in [7, 11) is 1.27. The van der Waals surface area contributed by atoms with Crippen LogP contribution in [0.25, 0.3) is 0 Å². The van der Waals surface area contributed by atoms with E-state index in [2.05, 4.69) is 25.5 Å². The van der Waals surface area contributed by atoms with Gasteiger partial charge in [-0.05, 0) is 64.5 Å². The first-order chi connectivity index (χ1) is 10.3. The van der Waals surface area contributed by atoms with Crippen molar-refractivity contribution < 1.29 is 19.4 Å². The number of methoxy groups -OCH3 is 1. The molecule has 1 aliphatic carbocycles. The van der Waals surface area contributed by atoms with Gasteiger partial charge in [-0.1, -0.05) is 12.1 Å². The molecule has 4 rings (SSSR count). The molecule has 22 heavy (non-hydrogen) atoms. The number of ether oxygens (including phenoxy) is 2. The van der Waals surface area contributed by atoms with E-state index in [1.807, 2.05) is 0 Å². The van der Waals surface area contributed by atoms with E-state index in [1.165, 1.54) is 44.9 Å². The molecule has 0 radical (unpaired) electrons. The Balaban J connectivity index is 0.000000160. The highest BCUT2D eigenvalue weighted by Gasteiger charge is 2.48. The highest BCUT2D eigenvalue weighted by molar-refractivity contribution is 5.92. The standard InChI is InChI=1S/C10H18O.C8H8O3/c1-9(2)8-4-6-10(3,11-9)7-5-8;1-11-8(10)6-4-2-3-5-7(6)9/h8H,4-7H2,1-3H3;2-5,9H,1H3. The molecule has 0 unspecified atom stereocenters. The molecule has 1 N–H and O–H groups in total. The lowest BCUT2D eigenvalue weighted by molar-refractivity contribution is -0.229. The predicted molar refractivity (Wildman–Crippen MR) is 85.0 cm³/mol. The molecule has 2 bridgehead atoms. The third kappa shape index (κ3) is 3.61. The van der Waals surface area contributed by atoms with Gasteiger partial charge in [0.05, 0.1) is 18.3 Å². The first-order valence-corrected chi connectivity index (χ1v) is 7.84. The average Bonchev–Trinajstić information content (AvgIpc) is 2.46. The predicted octanol–water partition coefficient (Wildman–Crippen LogP) is 3.92. The van der Waals surface area contributed by atoms with Crippen molar-refractivity contribution in [3.63, 3.8) is 0 Å². The Morgan fingerprint density at radius 3 is 2.23 bits per heavy atom. The number of fused-ring (bicyclic) bond motifs is 3. The van der Waals surface area contributed by atoms with Gasteiger partial charge < -0.3 is 14.6 Å². The number of carbonyl (C=O) groups excluding carboxylic acids is 1. The fraction of sp³-hybridized carbons (Fsp3) is 0.611. The van der Waals surface area contributed by atoms with Crippen LogP contribution in [0.5, 0.6) is 5.75 Å². The maximum Gasteiger partial charge on any atom is 0.341 e. The van der Waals surface area contributed by atoms with Crippen molar-refractivity contribution in [1.29, 1.82) is 0 Å². The van der Waals surface area contributed by atoms with Gasteiger partial charge in [0.25, 0.3) is 0 Å². The number of phenols is 1. The summed E-state index contributed by atoms with van der Waals surface area (Å²) in [4.78, 5) is 10.9. The second-order valence-electron chi connectivity index (χ2n) is 6.94. The summed E-state index contributed by atoms with van der Waals surface area (Å²) in [5, 5.41) is 9.11. The van der Waals surface area contributed by atoms with Crippen molar-refractivity contribution in [3.8, 4) is 5.75 Å². The zero-order chi connectivity index (χ0) is 16.4. The molecule has 3 aliphatic rings. The minimum atomic E-state index is -0.525. The van der Waals surface area contributed by atoms with Crippen LogP contribution in [0.2, 0.25) is 0 Å².